The van der Waals surface area contributed by atoms with Crippen molar-refractivity contribution in [3.05, 3.63) is 36.4 Å². The number of phenols is 1. The lowest BCUT2D eigenvalue weighted by atomic mass is 10.1. The first kappa shape index (κ1) is 10.6. The van der Waals surface area contributed by atoms with Gasteiger partial charge in [0, 0.05) is 5.56 Å². The molecule has 3 heteroatoms. The molecule has 0 aliphatic carbocycles. The van der Waals surface area contributed by atoms with Crippen molar-refractivity contribution in [3.8, 4) is 11.5 Å². The molecule has 1 aromatic rings. The van der Waals surface area contributed by atoms with Crippen LogP contribution < -0.4 is 4.74 Å². The van der Waals surface area contributed by atoms with Crippen LogP contribution in [0.1, 0.15) is 5.56 Å². The minimum atomic E-state index is -0.0162. The van der Waals surface area contributed by atoms with E-state index in [0.29, 0.717) is 12.2 Å². The molecule has 0 amide bonds. The topological polar surface area (TPSA) is 49.7 Å². The van der Waals surface area contributed by atoms with Gasteiger partial charge in [0.1, 0.15) is 18.1 Å². The standard InChI is InChI=1S/C11H14O3/c1-2-3-9-8-10(14-7-6-12)4-5-11(9)13/h2,4-5,8,12-13H,1,3,6-7H2. The van der Waals surface area contributed by atoms with E-state index in [1.54, 1.807) is 24.3 Å². The van der Waals surface area contributed by atoms with Gasteiger partial charge in [0.25, 0.3) is 0 Å². The largest absolute Gasteiger partial charge is 0.508 e. The van der Waals surface area contributed by atoms with Crippen LogP contribution in [0.3, 0.4) is 0 Å². The number of ether oxygens (including phenoxy) is 1. The Bertz CT molecular complexity index is 307. The molecule has 76 valence electrons. The van der Waals surface area contributed by atoms with E-state index < -0.39 is 0 Å². The van der Waals surface area contributed by atoms with Gasteiger partial charge in [0.2, 0.25) is 0 Å². The van der Waals surface area contributed by atoms with Crippen molar-refractivity contribution in [2.45, 2.75) is 6.42 Å². The Morgan fingerprint density at radius 2 is 2.21 bits per heavy atom. The Hall–Kier alpha value is -1.48. The summed E-state index contributed by atoms with van der Waals surface area (Å²) in [4.78, 5) is 0. The molecular weight excluding hydrogens is 180 g/mol. The quantitative estimate of drug-likeness (QED) is 0.698. The second-order valence-electron chi connectivity index (χ2n) is 2.86. The maximum absolute atomic E-state index is 9.44. The van der Waals surface area contributed by atoms with Crippen molar-refractivity contribution in [1.82, 2.24) is 0 Å². The summed E-state index contributed by atoms with van der Waals surface area (Å²) in [6.45, 7) is 3.84. The zero-order chi connectivity index (χ0) is 10.4. The lowest BCUT2D eigenvalue weighted by Crippen LogP contribution is -2.01. The Balaban J connectivity index is 2.77. The summed E-state index contributed by atoms with van der Waals surface area (Å²) < 4.78 is 5.20. The molecule has 3 nitrogen and oxygen atoms in total. The lowest BCUT2D eigenvalue weighted by Gasteiger charge is -2.07. The minimum absolute atomic E-state index is 0.0162. The first-order chi connectivity index (χ1) is 6.77. The van der Waals surface area contributed by atoms with Crippen molar-refractivity contribution >= 4 is 0 Å². The normalized spacial score (nSPS) is 9.79. The Morgan fingerprint density at radius 1 is 1.43 bits per heavy atom. The van der Waals surface area contributed by atoms with E-state index in [-0.39, 0.29) is 19.0 Å². The predicted molar refractivity (Wildman–Crippen MR) is 54.6 cm³/mol. The van der Waals surface area contributed by atoms with E-state index in [1.807, 2.05) is 0 Å². The predicted octanol–water partition coefficient (Wildman–Crippen LogP) is 1.49. The number of phenolic OH excluding ortho intramolecular Hbond substituents is 1. The van der Waals surface area contributed by atoms with Gasteiger partial charge in [0.05, 0.1) is 6.61 Å². The number of allylic oxidation sites excluding steroid dienone is 1. The maximum atomic E-state index is 9.44. The molecule has 0 saturated heterocycles. The molecule has 2 N–H and O–H groups in total. The zero-order valence-corrected chi connectivity index (χ0v) is 7.94. The number of aliphatic hydroxyl groups excluding tert-OH is 1. The molecule has 1 aromatic carbocycles. The summed E-state index contributed by atoms with van der Waals surface area (Å²) in [6.07, 6.45) is 2.31. The van der Waals surface area contributed by atoms with Crippen LogP contribution in [0.15, 0.2) is 30.9 Å². The molecule has 0 aromatic heterocycles. The third kappa shape index (κ3) is 2.78. The number of rotatable bonds is 5. The summed E-state index contributed by atoms with van der Waals surface area (Å²) >= 11 is 0. The highest BCUT2D eigenvalue weighted by atomic mass is 16.5. The van der Waals surface area contributed by atoms with Gasteiger partial charge in [-0.2, -0.15) is 0 Å². The molecule has 0 unspecified atom stereocenters. The molecule has 0 radical (unpaired) electrons. The second-order valence-corrected chi connectivity index (χ2v) is 2.86. The highest BCUT2D eigenvalue weighted by Crippen LogP contribution is 2.23. The van der Waals surface area contributed by atoms with Crippen molar-refractivity contribution in [3.63, 3.8) is 0 Å². The Kier molecular flexibility index (Phi) is 4.01. The molecule has 0 saturated carbocycles. The van der Waals surface area contributed by atoms with E-state index in [0.717, 1.165) is 5.56 Å². The van der Waals surface area contributed by atoms with Gasteiger partial charge >= 0.3 is 0 Å². The average Bonchev–Trinajstić information content (AvgIpc) is 2.19. The maximum Gasteiger partial charge on any atom is 0.119 e. The minimum Gasteiger partial charge on any atom is -0.508 e. The van der Waals surface area contributed by atoms with E-state index in [2.05, 4.69) is 6.58 Å². The van der Waals surface area contributed by atoms with E-state index >= 15 is 0 Å². The molecular formula is C11H14O3. The molecule has 0 aliphatic rings. The van der Waals surface area contributed by atoms with E-state index in [4.69, 9.17) is 9.84 Å². The first-order valence-electron chi connectivity index (χ1n) is 4.44. The van der Waals surface area contributed by atoms with Crippen LogP contribution >= 0.6 is 0 Å². The van der Waals surface area contributed by atoms with Gasteiger partial charge in [-0.05, 0) is 24.6 Å². The van der Waals surface area contributed by atoms with Crippen LogP contribution in [0.25, 0.3) is 0 Å². The molecule has 0 aliphatic heterocycles. The summed E-state index contributed by atoms with van der Waals surface area (Å²) in [7, 11) is 0. The summed E-state index contributed by atoms with van der Waals surface area (Å²) in [5.41, 5.74) is 0.774. The van der Waals surface area contributed by atoms with Gasteiger partial charge in [-0.25, -0.2) is 0 Å². The van der Waals surface area contributed by atoms with Crippen molar-refractivity contribution < 1.29 is 14.9 Å². The second kappa shape index (κ2) is 5.29. The van der Waals surface area contributed by atoms with Gasteiger partial charge in [-0.1, -0.05) is 6.08 Å². The molecule has 0 spiro atoms. The number of benzene rings is 1. The number of hydrogen-bond donors (Lipinski definition) is 2. The summed E-state index contributed by atoms with van der Waals surface area (Å²) in [5, 5.41) is 18.0. The van der Waals surface area contributed by atoms with Gasteiger partial charge in [-0.15, -0.1) is 6.58 Å². The average molecular weight is 194 g/mol. The van der Waals surface area contributed by atoms with Crippen LogP contribution in [0, 0.1) is 0 Å². The van der Waals surface area contributed by atoms with Crippen molar-refractivity contribution in [2.24, 2.45) is 0 Å². The van der Waals surface area contributed by atoms with Crippen LogP contribution in [-0.4, -0.2) is 23.4 Å². The Labute approximate surface area is 83.3 Å². The summed E-state index contributed by atoms with van der Waals surface area (Å²) in [5.74, 6) is 0.884. The van der Waals surface area contributed by atoms with Crippen LogP contribution in [0.5, 0.6) is 11.5 Å². The molecule has 0 atom stereocenters. The highest BCUT2D eigenvalue weighted by molar-refractivity contribution is 5.40. The summed E-state index contributed by atoms with van der Waals surface area (Å²) in [6, 6.07) is 4.98. The fourth-order valence-electron chi connectivity index (χ4n) is 1.13. The van der Waals surface area contributed by atoms with Gasteiger partial charge in [-0.3, -0.25) is 0 Å². The highest BCUT2D eigenvalue weighted by Gasteiger charge is 2.01. The van der Waals surface area contributed by atoms with E-state index in [1.165, 1.54) is 0 Å². The van der Waals surface area contributed by atoms with E-state index in [9.17, 15) is 5.11 Å². The smallest absolute Gasteiger partial charge is 0.119 e. The SMILES string of the molecule is C=CCc1cc(OCCO)ccc1O. The Morgan fingerprint density at radius 3 is 2.86 bits per heavy atom. The number of aliphatic hydroxyl groups is 1. The molecule has 0 bridgehead atoms. The molecule has 1 rings (SSSR count). The van der Waals surface area contributed by atoms with Crippen LogP contribution in [-0.2, 0) is 6.42 Å². The fourth-order valence-corrected chi connectivity index (χ4v) is 1.13. The van der Waals surface area contributed by atoms with Crippen LogP contribution in [0.4, 0.5) is 0 Å². The third-order valence-electron chi connectivity index (χ3n) is 1.78. The third-order valence-corrected chi connectivity index (χ3v) is 1.78. The number of aromatic hydroxyl groups is 1. The molecule has 14 heavy (non-hydrogen) atoms. The van der Waals surface area contributed by atoms with Crippen LogP contribution in [0.2, 0.25) is 0 Å². The van der Waals surface area contributed by atoms with Crippen molar-refractivity contribution in [1.29, 1.82) is 0 Å². The zero-order valence-electron chi connectivity index (χ0n) is 7.94. The molecule has 0 heterocycles. The lowest BCUT2D eigenvalue weighted by molar-refractivity contribution is 0.201. The molecule has 0 fully saturated rings. The first-order valence-corrected chi connectivity index (χ1v) is 4.44. The monoisotopic (exact) mass is 194 g/mol. The van der Waals surface area contributed by atoms with Crippen molar-refractivity contribution in [2.75, 3.05) is 13.2 Å². The van der Waals surface area contributed by atoms with Gasteiger partial charge < -0.3 is 14.9 Å². The number of hydrogen-bond acceptors (Lipinski definition) is 3. The van der Waals surface area contributed by atoms with Gasteiger partial charge in [0.15, 0.2) is 0 Å². The fraction of sp³-hybridized carbons (Fsp3) is 0.273.